The zero-order valence-electron chi connectivity index (χ0n) is 15.9. The molecule has 0 bridgehead atoms. The second kappa shape index (κ2) is 8.39. The fourth-order valence-corrected chi connectivity index (χ4v) is 3.10. The number of anilines is 1. The Labute approximate surface area is 171 Å². The maximum atomic E-state index is 12.8. The zero-order valence-corrected chi connectivity index (χ0v) is 17.5. The van der Waals surface area contributed by atoms with Crippen LogP contribution in [0, 0.1) is 0 Å². The van der Waals surface area contributed by atoms with Gasteiger partial charge in [0.2, 0.25) is 0 Å². The van der Waals surface area contributed by atoms with Crippen molar-refractivity contribution in [1.29, 1.82) is 0 Å². The number of benzene rings is 1. The van der Waals surface area contributed by atoms with Crippen LogP contribution in [0.4, 0.5) is 5.69 Å². The lowest BCUT2D eigenvalue weighted by molar-refractivity contribution is 0.0816. The molecule has 0 radical (unpaired) electrons. The van der Waals surface area contributed by atoms with Crippen molar-refractivity contribution < 1.29 is 9.59 Å². The van der Waals surface area contributed by atoms with E-state index in [-0.39, 0.29) is 11.8 Å². The molecule has 0 fully saturated rings. The maximum Gasteiger partial charge on any atom is 0.273 e. The number of hydrogen-bond donors (Lipinski definition) is 1. The summed E-state index contributed by atoms with van der Waals surface area (Å²) >= 11 is 3.37. The quantitative estimate of drug-likeness (QED) is 0.633. The molecule has 28 heavy (non-hydrogen) atoms. The van der Waals surface area contributed by atoms with E-state index in [1.807, 2.05) is 31.3 Å². The molecule has 9 heteroatoms. The van der Waals surface area contributed by atoms with Crippen molar-refractivity contribution in [2.24, 2.45) is 0 Å². The Bertz CT molecular complexity index is 1010. The molecule has 0 aliphatic heterocycles. The molecule has 146 valence electrons. The second-order valence-electron chi connectivity index (χ2n) is 6.43. The topological polar surface area (TPSA) is 85.0 Å². The van der Waals surface area contributed by atoms with Gasteiger partial charge in [-0.05, 0) is 40.5 Å². The van der Waals surface area contributed by atoms with Gasteiger partial charge in [0.15, 0.2) is 0 Å². The number of halogens is 1. The molecule has 0 spiro atoms. The lowest BCUT2D eigenvalue weighted by Crippen LogP contribution is -2.26. The fraction of sp³-hybridized carbons (Fsp3) is 0.263. The molecule has 3 aromatic rings. The van der Waals surface area contributed by atoms with Gasteiger partial charge in [0.05, 0.1) is 29.1 Å². The second-order valence-corrected chi connectivity index (χ2v) is 7.35. The summed E-state index contributed by atoms with van der Waals surface area (Å²) in [5.74, 6) is -0.514. The van der Waals surface area contributed by atoms with Crippen LogP contribution in [-0.4, -0.2) is 50.4 Å². The lowest BCUT2D eigenvalue weighted by atomic mass is 10.1. The molecular weight excluding hydrogens is 424 g/mol. The minimum absolute atomic E-state index is 0.215. The van der Waals surface area contributed by atoms with Gasteiger partial charge in [0.25, 0.3) is 11.8 Å². The van der Waals surface area contributed by atoms with Crippen LogP contribution in [0.25, 0.3) is 0 Å². The van der Waals surface area contributed by atoms with E-state index in [0.29, 0.717) is 30.0 Å². The number of rotatable bonds is 6. The van der Waals surface area contributed by atoms with Crippen molar-refractivity contribution in [3.05, 3.63) is 64.1 Å². The van der Waals surface area contributed by atoms with Crippen molar-refractivity contribution in [3.63, 3.8) is 0 Å². The van der Waals surface area contributed by atoms with Crippen molar-refractivity contribution >= 4 is 33.4 Å². The summed E-state index contributed by atoms with van der Waals surface area (Å²) in [6.07, 6.45) is 5.08. The van der Waals surface area contributed by atoms with E-state index in [4.69, 9.17) is 0 Å². The molecule has 8 nitrogen and oxygen atoms in total. The Morgan fingerprint density at radius 1 is 1.21 bits per heavy atom. The highest BCUT2D eigenvalue weighted by molar-refractivity contribution is 9.10. The van der Waals surface area contributed by atoms with Crippen LogP contribution in [-0.2, 0) is 13.1 Å². The van der Waals surface area contributed by atoms with Gasteiger partial charge < -0.3 is 10.2 Å². The average Bonchev–Trinajstić information content (AvgIpc) is 3.26. The summed E-state index contributed by atoms with van der Waals surface area (Å²) in [5, 5.41) is 11.2. The summed E-state index contributed by atoms with van der Waals surface area (Å²) in [5.41, 5.74) is 2.19. The first-order valence-corrected chi connectivity index (χ1v) is 9.54. The highest BCUT2D eigenvalue weighted by atomic mass is 79.9. The SMILES string of the molecule is CCn1ncc(NC(=O)c2cccc(Cn3cc(Br)cn3)c2)c1C(=O)N(C)C. The van der Waals surface area contributed by atoms with Gasteiger partial charge in [-0.3, -0.25) is 19.0 Å². The number of aromatic nitrogens is 4. The molecule has 1 aromatic carbocycles. The number of amides is 2. The van der Waals surface area contributed by atoms with Gasteiger partial charge in [-0.2, -0.15) is 10.2 Å². The number of hydrogen-bond acceptors (Lipinski definition) is 4. The van der Waals surface area contributed by atoms with Gasteiger partial charge in [0, 0.05) is 32.4 Å². The third kappa shape index (κ3) is 4.30. The molecule has 2 heterocycles. The third-order valence-corrected chi connectivity index (χ3v) is 4.54. The van der Waals surface area contributed by atoms with Crippen LogP contribution < -0.4 is 5.32 Å². The normalized spacial score (nSPS) is 10.7. The number of nitrogens with one attached hydrogen (secondary N) is 1. The first-order valence-electron chi connectivity index (χ1n) is 8.74. The van der Waals surface area contributed by atoms with Crippen molar-refractivity contribution in [3.8, 4) is 0 Å². The zero-order chi connectivity index (χ0) is 20.3. The molecule has 0 saturated heterocycles. The molecule has 0 unspecified atom stereocenters. The number of aryl methyl sites for hydroxylation is 1. The largest absolute Gasteiger partial charge is 0.343 e. The van der Waals surface area contributed by atoms with Gasteiger partial charge in [-0.15, -0.1) is 0 Å². The van der Waals surface area contributed by atoms with E-state index >= 15 is 0 Å². The standard InChI is InChI=1S/C19H21BrN6O2/c1-4-26-17(19(28)24(2)3)16(10-22-26)23-18(27)14-7-5-6-13(8-14)11-25-12-15(20)9-21-25/h5-10,12H,4,11H2,1-3H3,(H,23,27). The van der Waals surface area contributed by atoms with Crippen LogP contribution in [0.2, 0.25) is 0 Å². The first-order chi connectivity index (χ1) is 13.4. The molecule has 0 aliphatic rings. The smallest absolute Gasteiger partial charge is 0.273 e. The van der Waals surface area contributed by atoms with Crippen LogP contribution in [0.15, 0.2) is 47.3 Å². The molecule has 2 aromatic heterocycles. The van der Waals surface area contributed by atoms with E-state index in [0.717, 1.165) is 10.0 Å². The average molecular weight is 445 g/mol. The van der Waals surface area contributed by atoms with Crippen LogP contribution in [0.1, 0.15) is 33.3 Å². The number of nitrogens with zero attached hydrogens (tertiary/aromatic N) is 5. The van der Waals surface area contributed by atoms with E-state index in [2.05, 4.69) is 31.4 Å². The van der Waals surface area contributed by atoms with E-state index in [9.17, 15) is 9.59 Å². The Balaban J connectivity index is 1.81. The van der Waals surface area contributed by atoms with Crippen molar-refractivity contribution in [2.45, 2.75) is 20.0 Å². The number of carbonyl (C=O) groups excluding carboxylic acids is 2. The minimum Gasteiger partial charge on any atom is -0.343 e. The summed E-state index contributed by atoms with van der Waals surface area (Å²) in [7, 11) is 3.33. The first kappa shape index (κ1) is 19.8. The van der Waals surface area contributed by atoms with Crippen molar-refractivity contribution in [2.75, 3.05) is 19.4 Å². The summed E-state index contributed by atoms with van der Waals surface area (Å²) in [4.78, 5) is 26.7. The monoisotopic (exact) mass is 444 g/mol. The summed E-state index contributed by atoms with van der Waals surface area (Å²) in [6, 6.07) is 7.30. The highest BCUT2D eigenvalue weighted by Gasteiger charge is 2.21. The van der Waals surface area contributed by atoms with Crippen LogP contribution in [0.5, 0.6) is 0 Å². The maximum absolute atomic E-state index is 12.8. The van der Waals surface area contributed by atoms with E-state index < -0.39 is 0 Å². The molecule has 1 N–H and O–H groups in total. The van der Waals surface area contributed by atoms with Gasteiger partial charge in [-0.1, -0.05) is 12.1 Å². The predicted octanol–water partition coefficient (Wildman–Crippen LogP) is 2.86. The Kier molecular flexibility index (Phi) is 5.93. The molecule has 0 atom stereocenters. The molecule has 0 aliphatic carbocycles. The third-order valence-electron chi connectivity index (χ3n) is 4.13. The molecule has 3 rings (SSSR count). The molecular formula is C19H21BrN6O2. The Morgan fingerprint density at radius 2 is 2.00 bits per heavy atom. The highest BCUT2D eigenvalue weighted by Crippen LogP contribution is 2.18. The van der Waals surface area contributed by atoms with Gasteiger partial charge in [-0.25, -0.2) is 0 Å². The number of carbonyl (C=O) groups is 2. The summed E-state index contributed by atoms with van der Waals surface area (Å²) < 4.78 is 4.25. The van der Waals surface area contributed by atoms with E-state index in [1.165, 1.54) is 11.1 Å². The Hall–Kier alpha value is -2.94. The van der Waals surface area contributed by atoms with Gasteiger partial charge >= 0.3 is 0 Å². The fourth-order valence-electron chi connectivity index (χ4n) is 2.77. The predicted molar refractivity (Wildman–Crippen MR) is 109 cm³/mol. The van der Waals surface area contributed by atoms with Crippen LogP contribution >= 0.6 is 15.9 Å². The van der Waals surface area contributed by atoms with Crippen molar-refractivity contribution in [1.82, 2.24) is 24.5 Å². The minimum atomic E-state index is -0.299. The summed E-state index contributed by atoms with van der Waals surface area (Å²) in [6.45, 7) is 2.96. The lowest BCUT2D eigenvalue weighted by Gasteiger charge is -2.14. The van der Waals surface area contributed by atoms with Crippen LogP contribution in [0.3, 0.4) is 0 Å². The van der Waals surface area contributed by atoms with E-state index in [1.54, 1.807) is 35.7 Å². The molecule has 0 saturated carbocycles. The van der Waals surface area contributed by atoms with Gasteiger partial charge in [0.1, 0.15) is 5.69 Å². The Morgan fingerprint density at radius 3 is 2.64 bits per heavy atom. The molecule has 2 amide bonds.